The van der Waals surface area contributed by atoms with Gasteiger partial charge < -0.3 is 10.1 Å². The number of ether oxygens (including phenoxy) is 1. The number of nitrogens with one attached hydrogen (secondary N) is 1. The van der Waals surface area contributed by atoms with E-state index in [-0.39, 0.29) is 0 Å². The summed E-state index contributed by atoms with van der Waals surface area (Å²) in [6.07, 6.45) is 6.10. The number of rotatable bonds is 6. The van der Waals surface area contributed by atoms with Gasteiger partial charge in [0.25, 0.3) is 0 Å². The minimum Gasteiger partial charge on any atom is -0.487 e. The molecule has 1 aliphatic carbocycles. The number of pyridine rings is 1. The van der Waals surface area contributed by atoms with Crippen molar-refractivity contribution in [3.05, 3.63) is 58.3 Å². The Kier molecular flexibility index (Phi) is 4.33. The van der Waals surface area contributed by atoms with Gasteiger partial charge in [-0.15, -0.1) is 0 Å². The fourth-order valence-electron chi connectivity index (χ4n) is 2.04. The minimum absolute atomic E-state index is 0.570. The normalized spacial score (nSPS) is 14.2. The molecular weight excluding hydrogens is 316 g/mol. The van der Waals surface area contributed by atoms with E-state index in [2.05, 4.69) is 50.5 Å². The highest BCUT2D eigenvalue weighted by molar-refractivity contribution is 9.10. The van der Waals surface area contributed by atoms with Crippen LogP contribution in [0.2, 0.25) is 0 Å². The van der Waals surface area contributed by atoms with Crippen LogP contribution >= 0.6 is 15.9 Å². The van der Waals surface area contributed by atoms with Crippen LogP contribution in [0.4, 0.5) is 0 Å². The van der Waals surface area contributed by atoms with Crippen molar-refractivity contribution in [1.29, 1.82) is 0 Å². The molecule has 3 nitrogen and oxygen atoms in total. The van der Waals surface area contributed by atoms with E-state index in [1.165, 1.54) is 24.0 Å². The number of nitrogens with zero attached hydrogens (tertiary/aromatic N) is 1. The maximum absolute atomic E-state index is 5.82. The first kappa shape index (κ1) is 13.6. The Morgan fingerprint density at radius 2 is 2.00 bits per heavy atom. The molecule has 0 atom stereocenters. The van der Waals surface area contributed by atoms with E-state index in [9.17, 15) is 0 Å². The summed E-state index contributed by atoms with van der Waals surface area (Å²) >= 11 is 3.40. The Hall–Kier alpha value is -1.39. The predicted molar refractivity (Wildman–Crippen MR) is 82.6 cm³/mol. The third-order valence-electron chi connectivity index (χ3n) is 3.35. The average molecular weight is 333 g/mol. The molecule has 0 amide bonds. The first-order chi connectivity index (χ1) is 9.81. The molecular formula is C16H17BrN2O. The van der Waals surface area contributed by atoms with Crippen LogP contribution in [0.25, 0.3) is 0 Å². The van der Waals surface area contributed by atoms with Gasteiger partial charge in [0.2, 0.25) is 0 Å². The van der Waals surface area contributed by atoms with Crippen LogP contribution in [0.5, 0.6) is 5.75 Å². The van der Waals surface area contributed by atoms with Gasteiger partial charge in [-0.1, -0.05) is 24.3 Å². The highest BCUT2D eigenvalue weighted by atomic mass is 79.9. The van der Waals surface area contributed by atoms with E-state index in [4.69, 9.17) is 4.74 Å². The molecule has 1 aromatic heterocycles. The first-order valence-electron chi connectivity index (χ1n) is 6.85. The van der Waals surface area contributed by atoms with Crippen molar-refractivity contribution in [3.63, 3.8) is 0 Å². The molecule has 104 valence electrons. The van der Waals surface area contributed by atoms with Gasteiger partial charge in [-0.05, 0) is 46.0 Å². The number of benzene rings is 1. The van der Waals surface area contributed by atoms with Crippen LogP contribution in [-0.2, 0) is 13.2 Å². The maximum Gasteiger partial charge on any atom is 0.139 e. The van der Waals surface area contributed by atoms with Crippen LogP contribution in [0.3, 0.4) is 0 Å². The molecule has 20 heavy (non-hydrogen) atoms. The molecule has 1 fully saturated rings. The fourth-order valence-corrected chi connectivity index (χ4v) is 2.39. The van der Waals surface area contributed by atoms with E-state index < -0.39 is 0 Å². The van der Waals surface area contributed by atoms with Crippen molar-refractivity contribution < 1.29 is 4.74 Å². The molecule has 0 bridgehead atoms. The van der Waals surface area contributed by atoms with Crippen molar-refractivity contribution in [2.45, 2.75) is 32.0 Å². The standard InChI is InChI=1S/C16H17BrN2O/c17-14-7-16(10-18-9-14)20-11-13-4-2-1-3-12(13)8-19-15-5-6-15/h1-4,7,9-10,15,19H,5-6,8,11H2. The number of hydrogen-bond donors (Lipinski definition) is 1. The molecule has 0 unspecified atom stereocenters. The average Bonchev–Trinajstić information content (AvgIpc) is 3.28. The van der Waals surface area contributed by atoms with Crippen molar-refractivity contribution >= 4 is 15.9 Å². The van der Waals surface area contributed by atoms with Gasteiger partial charge in [0.1, 0.15) is 12.4 Å². The summed E-state index contributed by atoms with van der Waals surface area (Å²) in [5, 5.41) is 3.55. The Balaban J connectivity index is 1.63. The maximum atomic E-state index is 5.82. The Labute approximate surface area is 127 Å². The van der Waals surface area contributed by atoms with Gasteiger partial charge in [0.05, 0.1) is 6.20 Å². The van der Waals surface area contributed by atoms with Crippen LogP contribution in [-0.4, -0.2) is 11.0 Å². The van der Waals surface area contributed by atoms with Gasteiger partial charge in [0, 0.05) is 23.3 Å². The molecule has 1 N–H and O–H groups in total. The SMILES string of the molecule is Brc1cncc(OCc2ccccc2CNC2CC2)c1. The van der Waals surface area contributed by atoms with E-state index in [1.807, 2.05) is 6.07 Å². The van der Waals surface area contributed by atoms with Gasteiger partial charge in [-0.3, -0.25) is 4.98 Å². The zero-order valence-corrected chi connectivity index (χ0v) is 12.8. The zero-order chi connectivity index (χ0) is 13.8. The molecule has 3 rings (SSSR count). The second kappa shape index (κ2) is 6.37. The lowest BCUT2D eigenvalue weighted by molar-refractivity contribution is 0.303. The number of aromatic nitrogens is 1. The summed E-state index contributed by atoms with van der Waals surface area (Å²) in [5.74, 6) is 0.782. The lowest BCUT2D eigenvalue weighted by Crippen LogP contribution is -2.16. The molecule has 0 saturated heterocycles. The quantitative estimate of drug-likeness (QED) is 0.876. The molecule has 1 aromatic carbocycles. The molecule has 0 radical (unpaired) electrons. The zero-order valence-electron chi connectivity index (χ0n) is 11.2. The van der Waals surface area contributed by atoms with E-state index >= 15 is 0 Å². The topological polar surface area (TPSA) is 34.1 Å². The van der Waals surface area contributed by atoms with Crippen molar-refractivity contribution in [2.24, 2.45) is 0 Å². The van der Waals surface area contributed by atoms with Crippen LogP contribution in [0.1, 0.15) is 24.0 Å². The third kappa shape index (κ3) is 3.81. The Morgan fingerprint density at radius 1 is 1.20 bits per heavy atom. The molecule has 1 saturated carbocycles. The summed E-state index contributed by atoms with van der Waals surface area (Å²) in [4.78, 5) is 4.10. The van der Waals surface area contributed by atoms with E-state index in [0.717, 1.165) is 22.8 Å². The van der Waals surface area contributed by atoms with Crippen LogP contribution in [0.15, 0.2) is 47.2 Å². The number of halogens is 1. The number of hydrogen-bond acceptors (Lipinski definition) is 3. The molecule has 1 heterocycles. The third-order valence-corrected chi connectivity index (χ3v) is 3.78. The van der Waals surface area contributed by atoms with Gasteiger partial charge in [-0.25, -0.2) is 0 Å². The van der Waals surface area contributed by atoms with Gasteiger partial charge >= 0.3 is 0 Å². The largest absolute Gasteiger partial charge is 0.487 e. The van der Waals surface area contributed by atoms with Gasteiger partial charge in [0.15, 0.2) is 0 Å². The lowest BCUT2D eigenvalue weighted by atomic mass is 10.1. The summed E-state index contributed by atoms with van der Waals surface area (Å²) < 4.78 is 6.75. The monoisotopic (exact) mass is 332 g/mol. The predicted octanol–water partition coefficient (Wildman–Crippen LogP) is 3.68. The first-order valence-corrected chi connectivity index (χ1v) is 7.64. The van der Waals surface area contributed by atoms with Crippen molar-refractivity contribution in [3.8, 4) is 5.75 Å². The molecule has 4 heteroatoms. The summed E-state index contributed by atoms with van der Waals surface area (Å²) in [5.41, 5.74) is 2.53. The molecule has 0 spiro atoms. The van der Waals surface area contributed by atoms with E-state index in [1.54, 1.807) is 12.4 Å². The lowest BCUT2D eigenvalue weighted by Gasteiger charge is -2.11. The summed E-state index contributed by atoms with van der Waals surface area (Å²) in [6.45, 7) is 1.49. The smallest absolute Gasteiger partial charge is 0.139 e. The van der Waals surface area contributed by atoms with Crippen molar-refractivity contribution in [2.75, 3.05) is 0 Å². The molecule has 1 aliphatic rings. The minimum atomic E-state index is 0.570. The summed E-state index contributed by atoms with van der Waals surface area (Å²) in [7, 11) is 0. The highest BCUT2D eigenvalue weighted by Gasteiger charge is 2.20. The molecule has 0 aliphatic heterocycles. The second-order valence-electron chi connectivity index (χ2n) is 5.05. The van der Waals surface area contributed by atoms with Crippen LogP contribution < -0.4 is 10.1 Å². The molecule has 2 aromatic rings. The summed E-state index contributed by atoms with van der Waals surface area (Å²) in [6, 6.07) is 11.1. The van der Waals surface area contributed by atoms with E-state index in [0.29, 0.717) is 6.61 Å². The highest BCUT2D eigenvalue weighted by Crippen LogP contribution is 2.21. The fraction of sp³-hybridized carbons (Fsp3) is 0.312. The van der Waals surface area contributed by atoms with Crippen molar-refractivity contribution in [1.82, 2.24) is 10.3 Å². The van der Waals surface area contributed by atoms with Crippen LogP contribution in [0, 0.1) is 0 Å². The Bertz CT molecular complexity index is 584. The second-order valence-corrected chi connectivity index (χ2v) is 5.97. The van der Waals surface area contributed by atoms with Gasteiger partial charge in [-0.2, -0.15) is 0 Å². The Morgan fingerprint density at radius 3 is 2.75 bits per heavy atom.